The largest absolute Gasteiger partial charge is 0.456 e. The van der Waals surface area contributed by atoms with E-state index in [0.717, 1.165) is 43.8 Å². The molecule has 1 heterocycles. The molecule has 1 aromatic heterocycles. The molecule has 0 spiro atoms. The van der Waals surface area contributed by atoms with Gasteiger partial charge in [-0.15, -0.1) is 0 Å². The van der Waals surface area contributed by atoms with Crippen molar-refractivity contribution in [3.05, 3.63) is 170 Å². The lowest BCUT2D eigenvalue weighted by atomic mass is 9.85. The van der Waals surface area contributed by atoms with Crippen LogP contribution in [0.5, 0.6) is 0 Å². The van der Waals surface area contributed by atoms with E-state index in [1.54, 1.807) is 6.07 Å². The highest BCUT2D eigenvalue weighted by molar-refractivity contribution is 6.21. The van der Waals surface area contributed by atoms with Crippen molar-refractivity contribution in [3.63, 3.8) is 0 Å². The Morgan fingerprint density at radius 2 is 0.844 bits per heavy atom. The lowest BCUT2D eigenvalue weighted by molar-refractivity contribution is 0.669. The summed E-state index contributed by atoms with van der Waals surface area (Å²) in [5.41, 5.74) is 3.31. The second-order valence-electron chi connectivity index (χ2n) is 10.8. The normalized spacial score (nSPS) is 15.0. The van der Waals surface area contributed by atoms with E-state index >= 15 is 0 Å². The van der Waals surface area contributed by atoms with Crippen LogP contribution in [0.3, 0.4) is 0 Å². The Balaban J connectivity index is 1.29. The first kappa shape index (κ1) is 16.8. The molecule has 0 fully saturated rings. The van der Waals surface area contributed by atoms with Gasteiger partial charge in [-0.1, -0.05) is 139 Å². The average molecular weight is 584 g/mol. The molecule has 0 N–H and O–H groups in total. The molecule has 1 nitrogen and oxygen atoms in total. The van der Waals surface area contributed by atoms with Gasteiger partial charge in [0.15, 0.2) is 0 Å². The smallest absolute Gasteiger partial charge is 0.136 e. The molecule has 0 saturated carbocycles. The molecule has 0 unspecified atom stereocenters. The van der Waals surface area contributed by atoms with Crippen LogP contribution in [0.25, 0.3) is 88.0 Å². The summed E-state index contributed by atoms with van der Waals surface area (Å²) in [5, 5.41) is 3.94. The zero-order valence-corrected chi connectivity index (χ0v) is 23.7. The van der Waals surface area contributed by atoms with Crippen LogP contribution < -0.4 is 0 Å². The lowest BCUT2D eigenvalue weighted by Crippen LogP contribution is -1.91. The minimum absolute atomic E-state index is 0.0806. The Bertz CT molecular complexity index is 3070. The second-order valence-corrected chi connectivity index (χ2v) is 10.8. The van der Waals surface area contributed by atoms with Gasteiger partial charge < -0.3 is 4.42 Å². The Morgan fingerprint density at radius 3 is 1.44 bits per heavy atom. The first-order chi connectivity index (χ1) is 26.9. The van der Waals surface area contributed by atoms with Crippen molar-refractivity contribution in [3.8, 4) is 44.5 Å². The molecule has 45 heavy (non-hydrogen) atoms. The molecule has 0 atom stereocenters. The molecular weight excluding hydrogens is 544 g/mol. The van der Waals surface area contributed by atoms with E-state index in [2.05, 4.69) is 36.4 Å². The van der Waals surface area contributed by atoms with Crippen LogP contribution in [0.4, 0.5) is 0 Å². The van der Waals surface area contributed by atoms with Gasteiger partial charge in [0.25, 0.3) is 0 Å². The van der Waals surface area contributed by atoms with Gasteiger partial charge in [0, 0.05) is 10.8 Å². The summed E-state index contributed by atoms with van der Waals surface area (Å²) < 4.78 is 102. The summed E-state index contributed by atoms with van der Waals surface area (Å²) in [6.07, 6.45) is 0. The van der Waals surface area contributed by atoms with Gasteiger partial charge in [-0.3, -0.25) is 0 Å². The van der Waals surface area contributed by atoms with Crippen LogP contribution >= 0.6 is 0 Å². The predicted molar refractivity (Wildman–Crippen MR) is 190 cm³/mol. The standard InChI is InChI=1S/C44H28O/c1-3-12-29(13-4-1)32-22-24-35-36-25-23-33(28-42(36)45-41(35)27-32)31-16-11-17-34(26-31)44-39-20-9-7-18-37(39)43(30-14-5-2-6-15-30)38-19-8-10-21-40(38)44/h1-28H/i1D,3D,4D,12D,13D,22D,23D,24D,25D,27D,28D. The van der Waals surface area contributed by atoms with Crippen molar-refractivity contribution in [2.24, 2.45) is 0 Å². The molecule has 9 aromatic rings. The molecule has 0 aliphatic heterocycles. The highest BCUT2D eigenvalue weighted by Crippen LogP contribution is 2.44. The van der Waals surface area contributed by atoms with Crippen LogP contribution in [0.1, 0.15) is 15.1 Å². The van der Waals surface area contributed by atoms with E-state index in [1.165, 1.54) is 0 Å². The van der Waals surface area contributed by atoms with E-state index in [1.807, 2.05) is 60.7 Å². The maximum absolute atomic E-state index is 9.37. The fourth-order valence-corrected chi connectivity index (χ4v) is 6.22. The van der Waals surface area contributed by atoms with Crippen LogP contribution in [-0.2, 0) is 0 Å². The SMILES string of the molecule is [2H]c1c([2H])c([2H])c(-c2c([2H])c([2H])c3c(oc4c([2H])c(-c5cccc(-c6c7ccccc7c(-c7ccccc7)c7ccccc67)c5)c([2H])c([2H])c43)c2[2H])c([2H])c1[2H]. The first-order valence-corrected chi connectivity index (χ1v) is 14.5. The predicted octanol–water partition coefficient (Wildman–Crippen LogP) is 12.6. The summed E-state index contributed by atoms with van der Waals surface area (Å²) in [7, 11) is 0. The molecule has 8 aromatic carbocycles. The topological polar surface area (TPSA) is 13.1 Å². The molecule has 0 bridgehead atoms. The quantitative estimate of drug-likeness (QED) is 0.188. The van der Waals surface area contributed by atoms with Crippen molar-refractivity contribution in [1.82, 2.24) is 0 Å². The van der Waals surface area contributed by atoms with E-state index in [4.69, 9.17) is 16.8 Å². The third-order valence-corrected chi connectivity index (χ3v) is 8.19. The summed E-state index contributed by atoms with van der Waals surface area (Å²) >= 11 is 0. The molecule has 0 radical (unpaired) electrons. The van der Waals surface area contributed by atoms with E-state index in [0.29, 0.717) is 5.56 Å². The number of fused-ring (bicyclic) bond motifs is 5. The minimum Gasteiger partial charge on any atom is -0.456 e. The zero-order valence-electron chi connectivity index (χ0n) is 34.7. The van der Waals surface area contributed by atoms with Crippen molar-refractivity contribution >= 4 is 43.5 Å². The third kappa shape index (κ3) is 4.24. The maximum atomic E-state index is 9.37. The molecule has 210 valence electrons. The third-order valence-electron chi connectivity index (χ3n) is 8.19. The summed E-state index contributed by atoms with van der Waals surface area (Å²) in [6, 6.07) is 28.3. The molecule has 0 amide bonds. The van der Waals surface area contributed by atoms with Gasteiger partial charge in [0.05, 0.1) is 15.1 Å². The van der Waals surface area contributed by atoms with E-state index in [9.17, 15) is 2.74 Å². The van der Waals surface area contributed by atoms with Crippen LogP contribution in [0, 0.1) is 0 Å². The number of benzene rings is 8. The van der Waals surface area contributed by atoms with Crippen molar-refractivity contribution in [2.75, 3.05) is 0 Å². The highest BCUT2D eigenvalue weighted by Gasteiger charge is 2.17. The number of rotatable bonds is 4. The van der Waals surface area contributed by atoms with Crippen LogP contribution in [0.15, 0.2) is 174 Å². The second kappa shape index (κ2) is 10.4. The molecular formula is C44H28O. The van der Waals surface area contributed by atoms with Crippen molar-refractivity contribution < 1.29 is 19.5 Å². The Morgan fingerprint density at radius 1 is 0.356 bits per heavy atom. The van der Waals surface area contributed by atoms with Gasteiger partial charge in [0.2, 0.25) is 0 Å². The minimum atomic E-state index is -0.656. The van der Waals surface area contributed by atoms with Gasteiger partial charge in [0.1, 0.15) is 11.2 Å². The van der Waals surface area contributed by atoms with Crippen LogP contribution in [-0.4, -0.2) is 0 Å². The first-order valence-electron chi connectivity index (χ1n) is 20.0. The lowest BCUT2D eigenvalue weighted by Gasteiger charge is -2.18. The average Bonchev–Trinajstić information content (AvgIpc) is 3.63. The van der Waals surface area contributed by atoms with Crippen molar-refractivity contribution in [1.29, 1.82) is 0 Å². The molecule has 0 saturated heterocycles. The maximum Gasteiger partial charge on any atom is 0.136 e. The van der Waals surface area contributed by atoms with Gasteiger partial charge in [-0.25, -0.2) is 0 Å². The number of furan rings is 1. The van der Waals surface area contributed by atoms with Crippen LogP contribution in [0.2, 0.25) is 0 Å². The molecule has 0 aliphatic rings. The summed E-state index contributed by atoms with van der Waals surface area (Å²) in [6.45, 7) is 0. The summed E-state index contributed by atoms with van der Waals surface area (Å²) in [5.74, 6) is 0. The fourth-order valence-electron chi connectivity index (χ4n) is 6.22. The van der Waals surface area contributed by atoms with Gasteiger partial charge >= 0.3 is 0 Å². The van der Waals surface area contributed by atoms with Gasteiger partial charge in [-0.05, 0) is 96.3 Å². The fraction of sp³-hybridized carbons (Fsp3) is 0. The van der Waals surface area contributed by atoms with E-state index in [-0.39, 0.29) is 45.6 Å². The Hall–Kier alpha value is -5.92. The highest BCUT2D eigenvalue weighted by atomic mass is 16.3. The van der Waals surface area contributed by atoms with E-state index < -0.39 is 59.5 Å². The Kier molecular flexibility index (Phi) is 3.87. The monoisotopic (exact) mass is 583 g/mol. The molecule has 9 rings (SSSR count). The van der Waals surface area contributed by atoms with Crippen molar-refractivity contribution in [2.45, 2.75) is 0 Å². The molecule has 1 heteroatoms. The number of hydrogen-bond donors (Lipinski definition) is 0. The summed E-state index contributed by atoms with van der Waals surface area (Å²) in [4.78, 5) is 0. The zero-order chi connectivity index (χ0) is 39.3. The molecule has 0 aliphatic carbocycles. The Labute approximate surface area is 277 Å². The number of hydrogen-bond acceptors (Lipinski definition) is 1. The van der Waals surface area contributed by atoms with Gasteiger partial charge in [-0.2, -0.15) is 0 Å².